The highest BCUT2D eigenvalue weighted by atomic mass is 32.2. The lowest BCUT2D eigenvalue weighted by atomic mass is 10.2. The van der Waals surface area contributed by atoms with Crippen LogP contribution in [-0.4, -0.2) is 45.3 Å². The molecule has 3 rings (SSSR count). The number of benzene rings is 2. The second-order valence-corrected chi connectivity index (χ2v) is 9.67. The molecule has 0 saturated heterocycles. The molecule has 0 saturated carbocycles. The fourth-order valence-corrected chi connectivity index (χ4v) is 5.82. The molecule has 0 aliphatic heterocycles. The molecular formula is C20H17F3N2O5S2. The summed E-state index contributed by atoms with van der Waals surface area (Å²) < 4.78 is 70.9. The van der Waals surface area contributed by atoms with Crippen LogP contribution in [-0.2, 0) is 25.7 Å². The molecular weight excluding hydrogens is 469 g/mol. The van der Waals surface area contributed by atoms with E-state index in [1.165, 1.54) is 12.1 Å². The third-order valence-corrected chi connectivity index (χ3v) is 7.60. The summed E-state index contributed by atoms with van der Waals surface area (Å²) >= 11 is 0.939. The van der Waals surface area contributed by atoms with Crippen LogP contribution in [0.5, 0.6) is 0 Å². The zero-order valence-electron chi connectivity index (χ0n) is 16.8. The third-order valence-electron chi connectivity index (χ3n) is 4.43. The molecule has 1 heterocycles. The van der Waals surface area contributed by atoms with Crippen molar-refractivity contribution in [1.82, 2.24) is 4.31 Å². The fourth-order valence-electron chi connectivity index (χ4n) is 2.92. The number of methoxy groups -OCH3 is 1. The average molecular weight is 486 g/mol. The monoisotopic (exact) mass is 486 g/mol. The summed E-state index contributed by atoms with van der Waals surface area (Å²) in [5.74, 6) is -1.69. The molecule has 0 fully saturated rings. The smallest absolute Gasteiger partial charge is 0.416 e. The van der Waals surface area contributed by atoms with Crippen LogP contribution in [0.3, 0.4) is 0 Å². The van der Waals surface area contributed by atoms with E-state index in [1.54, 1.807) is 18.2 Å². The Morgan fingerprint density at radius 2 is 1.81 bits per heavy atom. The number of carbonyl (C=O) groups is 2. The lowest BCUT2D eigenvalue weighted by Gasteiger charge is -2.18. The van der Waals surface area contributed by atoms with Crippen molar-refractivity contribution in [3.63, 3.8) is 0 Å². The van der Waals surface area contributed by atoms with Gasteiger partial charge in [0.25, 0.3) is 0 Å². The Morgan fingerprint density at radius 1 is 1.12 bits per heavy atom. The zero-order chi connectivity index (χ0) is 23.7. The van der Waals surface area contributed by atoms with E-state index in [2.05, 4.69) is 5.32 Å². The molecule has 32 heavy (non-hydrogen) atoms. The predicted octanol–water partition coefficient (Wildman–Crippen LogP) is 3.97. The molecule has 12 heteroatoms. The quantitative estimate of drug-likeness (QED) is 0.533. The predicted molar refractivity (Wildman–Crippen MR) is 113 cm³/mol. The summed E-state index contributed by atoms with van der Waals surface area (Å²) in [4.78, 5) is 24.1. The van der Waals surface area contributed by atoms with Crippen LogP contribution in [0.15, 0.2) is 53.4 Å². The standard InChI is InChI=1S/C20H17F3N2O5S2/c1-25(11-16(26)24-13-7-5-6-12(10-13)20(21,22)23)32(28,29)18-14-8-3-4-9-15(14)31-17(18)19(27)30-2/h3-10H,11H2,1-2H3,(H,24,26). The van der Waals surface area contributed by atoms with E-state index in [0.717, 1.165) is 48.0 Å². The van der Waals surface area contributed by atoms with E-state index < -0.39 is 40.2 Å². The second kappa shape index (κ2) is 8.88. The van der Waals surface area contributed by atoms with Gasteiger partial charge in [-0.2, -0.15) is 17.5 Å². The first-order chi connectivity index (χ1) is 14.9. The summed E-state index contributed by atoms with van der Waals surface area (Å²) in [5.41, 5.74) is -1.09. The average Bonchev–Trinajstić information content (AvgIpc) is 3.13. The lowest BCUT2D eigenvalue weighted by molar-refractivity contribution is -0.137. The number of ether oxygens (including phenoxy) is 1. The maximum atomic E-state index is 13.2. The van der Waals surface area contributed by atoms with Crippen LogP contribution < -0.4 is 5.32 Å². The van der Waals surface area contributed by atoms with Gasteiger partial charge >= 0.3 is 12.1 Å². The second-order valence-electron chi connectivity index (χ2n) is 6.64. The Kier molecular flexibility index (Phi) is 6.58. The molecule has 0 bridgehead atoms. The van der Waals surface area contributed by atoms with Crippen molar-refractivity contribution in [2.45, 2.75) is 11.1 Å². The fraction of sp³-hybridized carbons (Fsp3) is 0.200. The molecule has 1 N–H and O–H groups in total. The number of nitrogens with one attached hydrogen (secondary N) is 1. The van der Waals surface area contributed by atoms with Gasteiger partial charge in [-0.25, -0.2) is 13.2 Å². The third kappa shape index (κ3) is 4.76. The molecule has 3 aromatic rings. The largest absolute Gasteiger partial charge is 0.465 e. The maximum absolute atomic E-state index is 13.2. The molecule has 2 aromatic carbocycles. The molecule has 170 valence electrons. The van der Waals surface area contributed by atoms with Gasteiger partial charge in [0, 0.05) is 22.8 Å². The van der Waals surface area contributed by atoms with Gasteiger partial charge in [0.1, 0.15) is 9.77 Å². The first-order valence-electron chi connectivity index (χ1n) is 8.98. The van der Waals surface area contributed by atoms with Crippen LogP contribution in [0.1, 0.15) is 15.2 Å². The number of likely N-dealkylation sites (N-methyl/N-ethyl adjacent to an activating group) is 1. The molecule has 0 radical (unpaired) electrons. The number of alkyl halides is 3. The molecule has 7 nitrogen and oxygen atoms in total. The molecule has 0 unspecified atom stereocenters. The lowest BCUT2D eigenvalue weighted by Crippen LogP contribution is -2.35. The molecule has 0 atom stereocenters. The number of halogens is 3. The minimum absolute atomic E-state index is 0.133. The number of thiophene rings is 1. The Hall–Kier alpha value is -2.96. The Labute approximate surface area is 185 Å². The van der Waals surface area contributed by atoms with Gasteiger partial charge in [-0.3, -0.25) is 4.79 Å². The summed E-state index contributed by atoms with van der Waals surface area (Å²) in [6.45, 7) is -0.691. The molecule has 0 spiro atoms. The van der Waals surface area contributed by atoms with Crippen LogP contribution in [0.4, 0.5) is 18.9 Å². The Bertz CT molecular complexity index is 1290. The van der Waals surface area contributed by atoms with E-state index in [1.807, 2.05) is 0 Å². The van der Waals surface area contributed by atoms with Gasteiger partial charge in [-0.1, -0.05) is 24.3 Å². The van der Waals surface area contributed by atoms with E-state index in [4.69, 9.17) is 4.74 Å². The first-order valence-corrected chi connectivity index (χ1v) is 11.2. The first kappa shape index (κ1) is 23.7. The van der Waals surface area contributed by atoms with Gasteiger partial charge < -0.3 is 10.1 Å². The molecule has 0 aliphatic carbocycles. The van der Waals surface area contributed by atoms with E-state index in [-0.39, 0.29) is 15.5 Å². The number of esters is 1. The van der Waals surface area contributed by atoms with E-state index in [0.29, 0.717) is 10.1 Å². The minimum atomic E-state index is -4.59. The highest BCUT2D eigenvalue weighted by Crippen LogP contribution is 2.36. The number of amides is 1. The molecule has 1 amide bonds. The summed E-state index contributed by atoms with van der Waals surface area (Å²) in [6.07, 6.45) is -4.59. The van der Waals surface area contributed by atoms with Crippen LogP contribution >= 0.6 is 11.3 Å². The summed E-state index contributed by atoms with van der Waals surface area (Å²) in [5, 5.41) is 2.55. The number of rotatable bonds is 6. The minimum Gasteiger partial charge on any atom is -0.465 e. The van der Waals surface area contributed by atoms with Crippen LogP contribution in [0, 0.1) is 0 Å². The van der Waals surface area contributed by atoms with Crippen molar-refractivity contribution in [1.29, 1.82) is 0 Å². The van der Waals surface area contributed by atoms with Gasteiger partial charge in [0.2, 0.25) is 15.9 Å². The SMILES string of the molecule is COC(=O)c1sc2ccccc2c1S(=O)(=O)N(C)CC(=O)Nc1cccc(C(F)(F)F)c1. The number of carbonyl (C=O) groups excluding carboxylic acids is 2. The highest BCUT2D eigenvalue weighted by molar-refractivity contribution is 7.89. The van der Waals surface area contributed by atoms with E-state index >= 15 is 0 Å². The number of anilines is 1. The Morgan fingerprint density at radius 3 is 2.47 bits per heavy atom. The zero-order valence-corrected chi connectivity index (χ0v) is 18.4. The normalized spacial score (nSPS) is 12.2. The number of sulfonamides is 1. The molecule has 0 aliphatic rings. The molecule has 1 aromatic heterocycles. The van der Waals surface area contributed by atoms with Gasteiger partial charge in [0.15, 0.2) is 0 Å². The maximum Gasteiger partial charge on any atom is 0.416 e. The van der Waals surface area contributed by atoms with Crippen molar-refractivity contribution < 1.29 is 35.9 Å². The van der Waals surface area contributed by atoms with Gasteiger partial charge in [0.05, 0.1) is 19.2 Å². The van der Waals surface area contributed by atoms with Crippen molar-refractivity contribution in [3.8, 4) is 0 Å². The van der Waals surface area contributed by atoms with Crippen molar-refractivity contribution in [2.75, 3.05) is 26.0 Å². The van der Waals surface area contributed by atoms with Crippen molar-refractivity contribution in [3.05, 3.63) is 59.0 Å². The Balaban J connectivity index is 1.88. The van der Waals surface area contributed by atoms with Crippen LogP contribution in [0.25, 0.3) is 10.1 Å². The van der Waals surface area contributed by atoms with Gasteiger partial charge in [-0.15, -0.1) is 11.3 Å². The topological polar surface area (TPSA) is 92.8 Å². The number of nitrogens with zero attached hydrogens (tertiary/aromatic N) is 1. The number of hydrogen-bond donors (Lipinski definition) is 1. The van der Waals surface area contributed by atoms with E-state index in [9.17, 15) is 31.2 Å². The van der Waals surface area contributed by atoms with Crippen LogP contribution in [0.2, 0.25) is 0 Å². The summed E-state index contributed by atoms with van der Waals surface area (Å²) in [7, 11) is -2.07. The van der Waals surface area contributed by atoms with Crippen molar-refractivity contribution in [2.24, 2.45) is 0 Å². The summed E-state index contributed by atoms with van der Waals surface area (Å²) in [6, 6.07) is 10.4. The number of fused-ring (bicyclic) bond motifs is 1. The van der Waals surface area contributed by atoms with Crippen molar-refractivity contribution >= 4 is 49.0 Å². The number of hydrogen-bond acceptors (Lipinski definition) is 6. The highest BCUT2D eigenvalue weighted by Gasteiger charge is 2.33. The van der Waals surface area contributed by atoms with Gasteiger partial charge in [-0.05, 0) is 24.3 Å².